The minimum atomic E-state index is -0.440. The zero-order valence-corrected chi connectivity index (χ0v) is 3.81. The molecule has 4 heteroatoms. The normalized spacial score (nSPS) is 6.80. The number of aliphatic hydroxyl groups excluding tert-OH is 1. The third-order valence-electron chi connectivity index (χ3n) is 0.0842. The summed E-state index contributed by atoms with van der Waals surface area (Å²) in [6.45, 7) is 0. The molecule has 0 radical (unpaired) electrons. The molecular weight excluding hydrogens is 110 g/mol. The van der Waals surface area contributed by atoms with E-state index in [4.69, 9.17) is 21.5 Å². The lowest BCUT2D eigenvalue weighted by Crippen LogP contribution is -1.73. The topological polar surface area (TPSA) is 44.1 Å². The van der Waals surface area contributed by atoms with E-state index in [0.717, 1.165) is 0 Å². The number of halogens is 1. The largest absolute Gasteiger partial charge is 0.342 e. The van der Waals surface area contributed by atoms with E-state index in [-0.39, 0.29) is 0 Å². The summed E-state index contributed by atoms with van der Waals surface area (Å²) in [5.74, 6) is 0. The van der Waals surface area contributed by atoms with Gasteiger partial charge in [0.15, 0.2) is 0 Å². The second-order valence-corrected chi connectivity index (χ2v) is 1.53. The molecule has 0 rings (SSSR count). The van der Waals surface area contributed by atoms with Crippen LogP contribution in [-0.2, 0) is 11.1 Å². The summed E-state index contributed by atoms with van der Waals surface area (Å²) in [7, 11) is 0. The van der Waals surface area contributed by atoms with Crippen LogP contribution in [0.5, 0.6) is 0 Å². The van der Waals surface area contributed by atoms with Gasteiger partial charge in [0.2, 0.25) is 4.51 Å². The van der Waals surface area contributed by atoms with Crippen LogP contribution >= 0.6 is 11.6 Å². The van der Waals surface area contributed by atoms with Crippen molar-refractivity contribution in [3.8, 4) is 0 Å². The average molecular weight is 112 g/mol. The predicted molar refractivity (Wildman–Crippen MR) is 23.6 cm³/mol. The Morgan fingerprint density at radius 1 is 2.00 bits per heavy atom. The Bertz CT molecular complexity index is 71.7. The molecule has 0 fully saturated rings. The molecular formula is CH2ClNOS. The second kappa shape index (κ2) is 2.38. The molecule has 0 saturated heterocycles. The Labute approximate surface area is 37.9 Å². The van der Waals surface area contributed by atoms with Gasteiger partial charge in [0.25, 0.3) is 0 Å². The van der Waals surface area contributed by atoms with Gasteiger partial charge in [-0.2, -0.15) is 0 Å². The first-order valence-corrected chi connectivity index (χ1v) is 2.02. The molecule has 5 heavy (non-hydrogen) atoms. The molecule has 0 aliphatic rings. The van der Waals surface area contributed by atoms with Crippen molar-refractivity contribution in [1.82, 2.24) is 0 Å². The van der Waals surface area contributed by atoms with Crippen molar-refractivity contribution >= 4 is 27.3 Å². The van der Waals surface area contributed by atoms with Gasteiger partial charge in [0.05, 0.1) is 0 Å². The van der Waals surface area contributed by atoms with Crippen molar-refractivity contribution in [3.05, 3.63) is 0 Å². The van der Waals surface area contributed by atoms with Crippen LogP contribution in [0.15, 0.2) is 0 Å². The molecule has 0 aromatic rings. The lowest BCUT2D eigenvalue weighted by molar-refractivity contribution is 0.583. The number of hydrogen-bond acceptors (Lipinski definition) is 1. The molecule has 0 atom stereocenters. The average Bonchev–Trinajstić information content (AvgIpc) is 1.38. The Kier molecular flexibility index (Phi) is 2.45. The van der Waals surface area contributed by atoms with Crippen molar-refractivity contribution in [2.75, 3.05) is 0 Å². The van der Waals surface area contributed by atoms with E-state index in [9.17, 15) is 0 Å². The second-order valence-electron chi connectivity index (χ2n) is 0.355. The van der Waals surface area contributed by atoms with Crippen molar-refractivity contribution in [3.63, 3.8) is 0 Å². The maximum absolute atomic E-state index is 7.82. The van der Waals surface area contributed by atoms with Crippen molar-refractivity contribution in [1.29, 1.82) is 4.78 Å². The van der Waals surface area contributed by atoms with Crippen LogP contribution in [0.2, 0.25) is 0 Å². The Morgan fingerprint density at radius 2 is 2.20 bits per heavy atom. The lowest BCUT2D eigenvalue weighted by atomic mass is 11.7. The minimum absolute atomic E-state index is 0.367. The van der Waals surface area contributed by atoms with Gasteiger partial charge < -0.3 is 5.11 Å². The molecule has 0 unspecified atom stereocenters. The van der Waals surface area contributed by atoms with Crippen molar-refractivity contribution in [2.45, 2.75) is 0 Å². The van der Waals surface area contributed by atoms with E-state index in [2.05, 4.69) is 0 Å². The fourth-order valence-corrected chi connectivity index (χ4v) is 0. The molecule has 0 aromatic carbocycles. The van der Waals surface area contributed by atoms with Gasteiger partial charge >= 0.3 is 0 Å². The summed E-state index contributed by atoms with van der Waals surface area (Å²) in [6.07, 6.45) is 0. The van der Waals surface area contributed by atoms with Gasteiger partial charge in [-0.05, 0) is 22.7 Å². The highest BCUT2D eigenvalue weighted by Gasteiger charge is 1.66. The maximum atomic E-state index is 7.82. The first kappa shape index (κ1) is 5.14. The third kappa shape index (κ3) is 4.14. The van der Waals surface area contributed by atoms with Gasteiger partial charge in [0, 0.05) is 0 Å². The summed E-state index contributed by atoms with van der Waals surface area (Å²) < 4.78 is 5.72. The molecule has 0 bridgehead atoms. The summed E-state index contributed by atoms with van der Waals surface area (Å²) in [6, 6.07) is 0. The number of aliphatic hydroxyl groups is 1. The van der Waals surface area contributed by atoms with E-state index >= 15 is 0 Å². The highest BCUT2D eigenvalue weighted by Crippen LogP contribution is 1.65. The van der Waals surface area contributed by atoms with Crippen LogP contribution < -0.4 is 0 Å². The SMILES string of the molecule is N=S=C(O)Cl. The monoisotopic (exact) mass is 111 g/mol. The summed E-state index contributed by atoms with van der Waals surface area (Å²) in [5.41, 5.74) is 0. The smallest absolute Gasteiger partial charge is 0.213 e. The van der Waals surface area contributed by atoms with Crippen LogP contribution in [0.1, 0.15) is 0 Å². The summed E-state index contributed by atoms with van der Waals surface area (Å²) >= 11 is 5.08. The van der Waals surface area contributed by atoms with Crippen LogP contribution in [0.4, 0.5) is 0 Å². The summed E-state index contributed by atoms with van der Waals surface area (Å²) in [5, 5.41) is 7.82. The Balaban J connectivity index is 3.60. The molecule has 2 N–H and O–H groups in total. The van der Waals surface area contributed by atoms with E-state index < -0.39 is 4.51 Å². The molecule has 0 saturated carbocycles. The number of nitrogens with one attached hydrogen (secondary N) is 1. The predicted octanol–water partition coefficient (Wildman–Crippen LogP) is 0.716. The molecule has 2 nitrogen and oxygen atoms in total. The van der Waals surface area contributed by atoms with Gasteiger partial charge in [0.1, 0.15) is 0 Å². The summed E-state index contributed by atoms with van der Waals surface area (Å²) in [4.78, 5) is 0. The van der Waals surface area contributed by atoms with Crippen molar-refractivity contribution < 1.29 is 5.11 Å². The van der Waals surface area contributed by atoms with Crippen LogP contribution in [0.25, 0.3) is 0 Å². The Morgan fingerprint density at radius 3 is 2.20 bits per heavy atom. The highest BCUT2D eigenvalue weighted by molar-refractivity contribution is 7.70. The molecule has 30 valence electrons. The van der Waals surface area contributed by atoms with Crippen LogP contribution in [0.3, 0.4) is 0 Å². The van der Waals surface area contributed by atoms with Crippen molar-refractivity contribution in [2.24, 2.45) is 0 Å². The molecule has 0 aliphatic heterocycles. The minimum Gasteiger partial charge on any atom is -0.342 e. The van der Waals surface area contributed by atoms with Crippen LogP contribution in [0, 0.1) is 4.78 Å². The van der Waals surface area contributed by atoms with E-state index in [1.54, 1.807) is 0 Å². The lowest BCUT2D eigenvalue weighted by Gasteiger charge is -1.61. The van der Waals surface area contributed by atoms with Gasteiger partial charge in [-0.1, -0.05) is 0 Å². The quantitative estimate of drug-likeness (QED) is 0.351. The standard InChI is InChI=1S/CH2ClNOS/c2-1(4)5-3/h3-4H. The number of hydrogen-bond donors (Lipinski definition) is 2. The zero-order valence-electron chi connectivity index (χ0n) is 2.23. The molecule has 0 amide bonds. The highest BCUT2D eigenvalue weighted by atomic mass is 35.5. The van der Waals surface area contributed by atoms with E-state index in [1.807, 2.05) is 0 Å². The Hall–Kier alpha value is 0.140. The fraction of sp³-hybridized carbons (Fsp3) is 0. The first-order chi connectivity index (χ1) is 2.27. The maximum Gasteiger partial charge on any atom is 0.213 e. The molecule has 0 spiro atoms. The van der Waals surface area contributed by atoms with E-state index in [1.165, 1.54) is 0 Å². The molecule has 0 aromatic heterocycles. The number of rotatable bonds is 0. The van der Waals surface area contributed by atoms with Crippen LogP contribution in [-0.4, -0.2) is 9.62 Å². The van der Waals surface area contributed by atoms with Gasteiger partial charge in [-0.15, -0.1) is 0 Å². The molecule has 0 heterocycles. The van der Waals surface area contributed by atoms with Gasteiger partial charge in [-0.25, -0.2) is 4.78 Å². The fourth-order valence-electron chi connectivity index (χ4n) is 0. The molecule has 0 aliphatic carbocycles. The zero-order chi connectivity index (χ0) is 4.28. The third-order valence-corrected chi connectivity index (χ3v) is 0.484. The van der Waals surface area contributed by atoms with E-state index in [0.29, 0.717) is 11.1 Å². The van der Waals surface area contributed by atoms with Gasteiger partial charge in [-0.3, -0.25) is 0 Å². The first-order valence-electron chi connectivity index (χ1n) is 0.821.